The molecule has 1 aromatic heterocycles. The number of hydrogen-bond donors (Lipinski definition) is 1. The standard InChI is InChI=1S/C22H22FN3O/c1-14-5-6-15(2)20(11-14)25-21-17-12-16(23)7-8-19(17)24-13-18(21)22(27)26-9-3-4-10-26/h5-8,11-13H,3-4,9-10H2,1-2H3,(H,24,25). The highest BCUT2D eigenvalue weighted by Gasteiger charge is 2.24. The molecule has 138 valence electrons. The molecule has 1 aliphatic rings. The van der Waals surface area contributed by atoms with E-state index in [1.54, 1.807) is 12.3 Å². The second-order valence-electron chi connectivity index (χ2n) is 7.15. The van der Waals surface area contributed by atoms with Gasteiger partial charge in [0.25, 0.3) is 5.91 Å². The summed E-state index contributed by atoms with van der Waals surface area (Å²) in [5.41, 5.74) is 4.83. The third-order valence-corrected chi connectivity index (χ3v) is 5.11. The maximum atomic E-state index is 14.0. The topological polar surface area (TPSA) is 45.2 Å². The number of hydrogen-bond acceptors (Lipinski definition) is 3. The zero-order valence-corrected chi connectivity index (χ0v) is 15.6. The van der Waals surface area contributed by atoms with Gasteiger partial charge in [-0.2, -0.15) is 0 Å². The number of amides is 1. The smallest absolute Gasteiger partial charge is 0.257 e. The monoisotopic (exact) mass is 363 g/mol. The molecule has 1 N–H and O–H groups in total. The van der Waals surface area contributed by atoms with Crippen LogP contribution in [0.2, 0.25) is 0 Å². The second kappa shape index (κ2) is 6.99. The van der Waals surface area contributed by atoms with E-state index in [9.17, 15) is 9.18 Å². The number of nitrogens with zero attached hydrogens (tertiary/aromatic N) is 2. The van der Waals surface area contributed by atoms with E-state index >= 15 is 0 Å². The molecule has 3 aromatic rings. The summed E-state index contributed by atoms with van der Waals surface area (Å²) in [7, 11) is 0. The van der Waals surface area contributed by atoms with Crippen molar-refractivity contribution in [1.82, 2.24) is 9.88 Å². The van der Waals surface area contributed by atoms with Gasteiger partial charge in [-0.05, 0) is 62.1 Å². The molecular weight excluding hydrogens is 341 g/mol. The van der Waals surface area contributed by atoms with E-state index in [-0.39, 0.29) is 11.7 Å². The van der Waals surface area contributed by atoms with Crippen molar-refractivity contribution in [3.63, 3.8) is 0 Å². The highest BCUT2D eigenvalue weighted by atomic mass is 19.1. The van der Waals surface area contributed by atoms with Crippen molar-refractivity contribution in [2.75, 3.05) is 18.4 Å². The molecule has 2 aromatic carbocycles. The molecule has 0 radical (unpaired) electrons. The first-order valence-electron chi connectivity index (χ1n) is 9.25. The van der Waals surface area contributed by atoms with Crippen LogP contribution >= 0.6 is 0 Å². The van der Waals surface area contributed by atoms with E-state index in [2.05, 4.69) is 10.3 Å². The van der Waals surface area contributed by atoms with Crippen molar-refractivity contribution < 1.29 is 9.18 Å². The first-order chi connectivity index (χ1) is 13.0. The number of rotatable bonds is 3. The summed E-state index contributed by atoms with van der Waals surface area (Å²) in [6, 6.07) is 10.6. The van der Waals surface area contributed by atoms with Gasteiger partial charge in [-0.3, -0.25) is 9.78 Å². The minimum Gasteiger partial charge on any atom is -0.354 e. The van der Waals surface area contributed by atoms with Crippen molar-refractivity contribution >= 4 is 28.2 Å². The fraction of sp³-hybridized carbons (Fsp3) is 0.273. The van der Waals surface area contributed by atoms with Gasteiger partial charge < -0.3 is 10.2 Å². The molecule has 4 nitrogen and oxygen atoms in total. The van der Waals surface area contributed by atoms with Crippen LogP contribution in [0.5, 0.6) is 0 Å². The lowest BCUT2D eigenvalue weighted by molar-refractivity contribution is 0.0793. The van der Waals surface area contributed by atoms with Gasteiger partial charge in [0.15, 0.2) is 0 Å². The summed E-state index contributed by atoms with van der Waals surface area (Å²) in [5, 5.41) is 4.01. The van der Waals surface area contributed by atoms with Crippen molar-refractivity contribution in [2.45, 2.75) is 26.7 Å². The van der Waals surface area contributed by atoms with E-state index in [0.29, 0.717) is 22.2 Å². The molecule has 0 saturated carbocycles. The Morgan fingerprint density at radius 2 is 1.89 bits per heavy atom. The molecule has 4 rings (SSSR count). The molecule has 0 bridgehead atoms. The third-order valence-electron chi connectivity index (χ3n) is 5.11. The molecule has 0 aliphatic carbocycles. The molecule has 0 spiro atoms. The predicted molar refractivity (Wildman–Crippen MR) is 106 cm³/mol. The van der Waals surface area contributed by atoms with Crippen LogP contribution in [0.15, 0.2) is 42.6 Å². The summed E-state index contributed by atoms with van der Waals surface area (Å²) in [4.78, 5) is 19.3. The van der Waals surface area contributed by atoms with Crippen molar-refractivity contribution in [3.8, 4) is 0 Å². The Morgan fingerprint density at radius 3 is 2.67 bits per heavy atom. The van der Waals surface area contributed by atoms with E-state index in [1.165, 1.54) is 12.1 Å². The van der Waals surface area contributed by atoms with Gasteiger partial charge in [0.2, 0.25) is 0 Å². The van der Waals surface area contributed by atoms with Gasteiger partial charge in [-0.15, -0.1) is 0 Å². The Hall–Kier alpha value is -2.95. The Balaban J connectivity index is 1.88. The number of aromatic nitrogens is 1. The number of anilines is 2. The van der Waals surface area contributed by atoms with Crippen molar-refractivity contribution in [2.24, 2.45) is 0 Å². The van der Waals surface area contributed by atoms with E-state index < -0.39 is 0 Å². The normalized spacial score (nSPS) is 14.0. The summed E-state index contributed by atoms with van der Waals surface area (Å²) < 4.78 is 14.0. The molecular formula is C22H22FN3O. The third kappa shape index (κ3) is 3.37. The number of fused-ring (bicyclic) bond motifs is 1. The van der Waals surface area contributed by atoms with Gasteiger partial charge in [0.05, 0.1) is 16.8 Å². The average molecular weight is 363 g/mol. The van der Waals surface area contributed by atoms with Gasteiger partial charge >= 0.3 is 0 Å². The lowest BCUT2D eigenvalue weighted by Gasteiger charge is -2.20. The number of halogens is 1. The second-order valence-corrected chi connectivity index (χ2v) is 7.15. The molecule has 1 fully saturated rings. The molecule has 0 atom stereocenters. The number of nitrogens with one attached hydrogen (secondary N) is 1. The number of carbonyl (C=O) groups is 1. The fourth-order valence-corrected chi connectivity index (χ4v) is 3.56. The van der Waals surface area contributed by atoms with Crippen LogP contribution in [-0.2, 0) is 0 Å². The molecule has 2 heterocycles. The zero-order valence-electron chi connectivity index (χ0n) is 15.6. The van der Waals surface area contributed by atoms with E-state index in [0.717, 1.165) is 42.7 Å². The Morgan fingerprint density at radius 1 is 1.11 bits per heavy atom. The summed E-state index contributed by atoms with van der Waals surface area (Å²) >= 11 is 0. The van der Waals surface area contributed by atoms with Crippen LogP contribution in [0, 0.1) is 19.7 Å². The largest absolute Gasteiger partial charge is 0.354 e. The number of benzene rings is 2. The molecule has 27 heavy (non-hydrogen) atoms. The quantitative estimate of drug-likeness (QED) is 0.714. The van der Waals surface area contributed by atoms with Crippen LogP contribution in [0.1, 0.15) is 34.3 Å². The van der Waals surface area contributed by atoms with Gasteiger partial charge in [-0.1, -0.05) is 12.1 Å². The maximum absolute atomic E-state index is 14.0. The SMILES string of the molecule is Cc1ccc(C)c(Nc2c(C(=O)N3CCCC3)cnc3ccc(F)cc23)c1. The summed E-state index contributed by atoms with van der Waals surface area (Å²) in [5.74, 6) is -0.405. The molecule has 5 heteroatoms. The van der Waals surface area contributed by atoms with Crippen LogP contribution in [0.25, 0.3) is 10.9 Å². The maximum Gasteiger partial charge on any atom is 0.257 e. The Bertz CT molecular complexity index is 1030. The van der Waals surface area contributed by atoms with Crippen molar-refractivity contribution in [3.05, 3.63) is 65.1 Å². The van der Waals surface area contributed by atoms with E-state index in [1.807, 2.05) is 36.9 Å². The summed E-state index contributed by atoms with van der Waals surface area (Å²) in [6.07, 6.45) is 3.64. The predicted octanol–water partition coefficient (Wildman–Crippen LogP) is 4.97. The van der Waals surface area contributed by atoms with Crippen LogP contribution in [-0.4, -0.2) is 28.9 Å². The van der Waals surface area contributed by atoms with Gasteiger partial charge in [0, 0.05) is 30.4 Å². The van der Waals surface area contributed by atoms with Gasteiger partial charge in [0.1, 0.15) is 5.82 Å². The van der Waals surface area contributed by atoms with Crippen LogP contribution in [0.3, 0.4) is 0 Å². The molecule has 1 saturated heterocycles. The number of pyridine rings is 1. The average Bonchev–Trinajstić information content (AvgIpc) is 3.19. The van der Waals surface area contributed by atoms with Gasteiger partial charge in [-0.25, -0.2) is 4.39 Å². The number of aryl methyl sites for hydroxylation is 2. The minimum atomic E-state index is -0.348. The van der Waals surface area contributed by atoms with Crippen LogP contribution < -0.4 is 5.32 Å². The molecule has 1 amide bonds. The summed E-state index contributed by atoms with van der Waals surface area (Å²) in [6.45, 7) is 5.53. The highest BCUT2D eigenvalue weighted by Crippen LogP contribution is 2.32. The first kappa shape index (κ1) is 17.5. The number of likely N-dealkylation sites (tertiary alicyclic amines) is 1. The first-order valence-corrected chi connectivity index (χ1v) is 9.25. The zero-order chi connectivity index (χ0) is 19.0. The Labute approximate surface area is 158 Å². The fourth-order valence-electron chi connectivity index (χ4n) is 3.56. The molecule has 0 unspecified atom stereocenters. The molecule has 1 aliphatic heterocycles. The highest BCUT2D eigenvalue weighted by molar-refractivity contribution is 6.08. The van der Waals surface area contributed by atoms with E-state index in [4.69, 9.17) is 0 Å². The van der Waals surface area contributed by atoms with Crippen LogP contribution in [0.4, 0.5) is 15.8 Å². The Kier molecular flexibility index (Phi) is 4.52. The lowest BCUT2D eigenvalue weighted by Crippen LogP contribution is -2.28. The van der Waals surface area contributed by atoms with Crippen molar-refractivity contribution in [1.29, 1.82) is 0 Å². The minimum absolute atomic E-state index is 0.0565. The lowest BCUT2D eigenvalue weighted by atomic mass is 10.1. The number of carbonyl (C=O) groups excluding carboxylic acids is 1.